The van der Waals surface area contributed by atoms with Gasteiger partial charge in [0.25, 0.3) is 11.8 Å². The van der Waals surface area contributed by atoms with Gasteiger partial charge in [-0.1, -0.05) is 24.3 Å². The summed E-state index contributed by atoms with van der Waals surface area (Å²) in [6, 6.07) is 13.0. The van der Waals surface area contributed by atoms with E-state index in [0.29, 0.717) is 35.1 Å². The highest BCUT2D eigenvalue weighted by Gasteiger charge is 2.25. The maximum Gasteiger partial charge on any atom is 0.257 e. The summed E-state index contributed by atoms with van der Waals surface area (Å²) in [5.74, 6) is 0.0402. The highest BCUT2D eigenvalue weighted by molar-refractivity contribution is 7.13. The van der Waals surface area contributed by atoms with Gasteiger partial charge in [0.2, 0.25) is 0 Å². The van der Waals surface area contributed by atoms with Crippen LogP contribution in [-0.4, -0.2) is 27.8 Å². The molecule has 0 radical (unpaired) electrons. The van der Waals surface area contributed by atoms with E-state index in [9.17, 15) is 9.59 Å². The van der Waals surface area contributed by atoms with Gasteiger partial charge in [-0.15, -0.1) is 11.3 Å². The minimum atomic E-state index is -0.326. The maximum atomic E-state index is 13.2. The quantitative estimate of drug-likeness (QED) is 0.683. The number of carbonyl (C=O) groups is 2. The first-order valence-corrected chi connectivity index (χ1v) is 10.3. The molecule has 0 fully saturated rings. The molecule has 2 heterocycles. The van der Waals surface area contributed by atoms with E-state index >= 15 is 0 Å². The second kappa shape index (κ2) is 8.05. The predicted octanol–water partition coefficient (Wildman–Crippen LogP) is 4.34. The van der Waals surface area contributed by atoms with E-state index in [4.69, 9.17) is 4.74 Å². The lowest BCUT2D eigenvalue weighted by Crippen LogP contribution is -2.26. The second-order valence-corrected chi connectivity index (χ2v) is 8.03. The van der Waals surface area contributed by atoms with Crippen molar-refractivity contribution in [1.82, 2.24) is 9.88 Å². The maximum absolute atomic E-state index is 13.2. The standard InChI is InChI=1S/C22H21N3O3S/c1-14(2)28-19-10-17(20(26)24-22-23-7-8-29-22)9-18(11-19)21(27)25-12-15-5-3-4-6-16(15)13-25/h3-11,14H,12-13H2,1-2H3,(H,23,24,26). The average Bonchev–Trinajstić information content (AvgIpc) is 3.35. The second-order valence-electron chi connectivity index (χ2n) is 7.13. The number of aromatic nitrogens is 1. The summed E-state index contributed by atoms with van der Waals surface area (Å²) in [7, 11) is 0. The number of ether oxygens (including phenoxy) is 1. The number of anilines is 1. The van der Waals surface area contributed by atoms with E-state index < -0.39 is 0 Å². The van der Waals surface area contributed by atoms with Gasteiger partial charge >= 0.3 is 0 Å². The summed E-state index contributed by atoms with van der Waals surface area (Å²) in [5.41, 5.74) is 3.09. The van der Waals surface area contributed by atoms with E-state index in [0.717, 1.165) is 11.1 Å². The van der Waals surface area contributed by atoms with Crippen LogP contribution in [0.1, 0.15) is 45.7 Å². The van der Waals surface area contributed by atoms with E-state index in [1.165, 1.54) is 11.3 Å². The van der Waals surface area contributed by atoms with Crippen molar-refractivity contribution in [3.05, 3.63) is 76.3 Å². The lowest BCUT2D eigenvalue weighted by atomic mass is 10.1. The molecule has 0 unspecified atom stereocenters. The van der Waals surface area contributed by atoms with Crippen LogP contribution in [0.4, 0.5) is 5.13 Å². The van der Waals surface area contributed by atoms with Gasteiger partial charge in [-0.2, -0.15) is 0 Å². The van der Waals surface area contributed by atoms with Crippen molar-refractivity contribution < 1.29 is 14.3 Å². The zero-order valence-electron chi connectivity index (χ0n) is 16.2. The van der Waals surface area contributed by atoms with Crippen molar-refractivity contribution in [1.29, 1.82) is 0 Å². The molecule has 0 spiro atoms. The fourth-order valence-electron chi connectivity index (χ4n) is 3.31. The molecule has 3 aromatic rings. The predicted molar refractivity (Wildman–Crippen MR) is 112 cm³/mol. The summed E-state index contributed by atoms with van der Waals surface area (Å²) in [6.07, 6.45) is 1.55. The van der Waals surface area contributed by atoms with Gasteiger partial charge in [-0.25, -0.2) is 4.98 Å². The van der Waals surface area contributed by atoms with Gasteiger partial charge in [0.05, 0.1) is 6.10 Å². The van der Waals surface area contributed by atoms with Crippen LogP contribution in [-0.2, 0) is 13.1 Å². The molecule has 2 amide bonds. The average molecular weight is 407 g/mol. The van der Waals surface area contributed by atoms with Crippen molar-refractivity contribution in [2.24, 2.45) is 0 Å². The van der Waals surface area contributed by atoms with Crippen molar-refractivity contribution in [3.8, 4) is 5.75 Å². The summed E-state index contributed by atoms with van der Waals surface area (Å²) in [6.45, 7) is 4.93. The topological polar surface area (TPSA) is 71.5 Å². The molecule has 29 heavy (non-hydrogen) atoms. The van der Waals surface area contributed by atoms with E-state index in [-0.39, 0.29) is 17.9 Å². The Hall–Kier alpha value is -3.19. The van der Waals surface area contributed by atoms with Crippen molar-refractivity contribution in [2.75, 3.05) is 5.32 Å². The number of hydrogen-bond donors (Lipinski definition) is 1. The normalized spacial score (nSPS) is 12.7. The Morgan fingerprint density at radius 1 is 1.10 bits per heavy atom. The number of thiazole rings is 1. The summed E-state index contributed by atoms with van der Waals surface area (Å²) in [5, 5.41) is 5.05. The molecule has 4 rings (SSSR count). The Labute approximate surface area is 173 Å². The molecule has 0 bridgehead atoms. The molecule has 0 atom stereocenters. The van der Waals surface area contributed by atoms with Crippen LogP contribution in [0.15, 0.2) is 54.0 Å². The van der Waals surface area contributed by atoms with Gasteiger partial charge in [-0.3, -0.25) is 14.9 Å². The van der Waals surface area contributed by atoms with Gasteiger partial charge in [0, 0.05) is 35.8 Å². The molecule has 148 valence electrons. The van der Waals surface area contributed by atoms with Crippen molar-refractivity contribution in [2.45, 2.75) is 33.0 Å². The lowest BCUT2D eigenvalue weighted by Gasteiger charge is -2.18. The summed E-state index contributed by atoms with van der Waals surface area (Å²) < 4.78 is 5.79. The molecular formula is C22H21N3O3S. The molecule has 0 aliphatic carbocycles. The first-order chi connectivity index (χ1) is 14.0. The largest absolute Gasteiger partial charge is 0.491 e. The fourth-order valence-corrected chi connectivity index (χ4v) is 3.83. The highest BCUT2D eigenvalue weighted by Crippen LogP contribution is 2.26. The number of nitrogens with zero attached hydrogens (tertiary/aromatic N) is 2. The van der Waals surface area contributed by atoms with Crippen LogP contribution in [0.25, 0.3) is 0 Å². The number of amides is 2. The first kappa shape index (κ1) is 19.1. The molecule has 0 saturated carbocycles. The third-order valence-corrected chi connectivity index (χ3v) is 5.26. The third kappa shape index (κ3) is 4.30. The number of benzene rings is 2. The Kier molecular flexibility index (Phi) is 5.31. The molecule has 0 saturated heterocycles. The van der Waals surface area contributed by atoms with Crippen LogP contribution in [0.5, 0.6) is 5.75 Å². The number of hydrogen-bond acceptors (Lipinski definition) is 5. The van der Waals surface area contributed by atoms with E-state index in [1.54, 1.807) is 34.7 Å². The Morgan fingerprint density at radius 2 is 1.79 bits per heavy atom. The Balaban J connectivity index is 1.61. The molecule has 7 heteroatoms. The van der Waals surface area contributed by atoms with Crippen LogP contribution >= 0.6 is 11.3 Å². The van der Waals surface area contributed by atoms with E-state index in [1.807, 2.05) is 38.1 Å². The van der Waals surface area contributed by atoms with Crippen LogP contribution in [0.3, 0.4) is 0 Å². The van der Waals surface area contributed by atoms with Crippen LogP contribution in [0, 0.1) is 0 Å². The smallest absolute Gasteiger partial charge is 0.257 e. The molecule has 1 aromatic heterocycles. The monoisotopic (exact) mass is 407 g/mol. The van der Waals surface area contributed by atoms with Crippen molar-refractivity contribution >= 4 is 28.3 Å². The fraction of sp³-hybridized carbons (Fsp3) is 0.227. The van der Waals surface area contributed by atoms with Crippen LogP contribution < -0.4 is 10.1 Å². The molecule has 2 aromatic carbocycles. The van der Waals surface area contributed by atoms with E-state index in [2.05, 4.69) is 10.3 Å². The molecule has 1 aliphatic rings. The van der Waals surface area contributed by atoms with Gasteiger partial charge < -0.3 is 9.64 Å². The molecule has 1 aliphatic heterocycles. The third-order valence-electron chi connectivity index (χ3n) is 4.57. The Morgan fingerprint density at radius 3 is 2.41 bits per heavy atom. The molecule has 1 N–H and O–H groups in total. The van der Waals surface area contributed by atoms with Gasteiger partial charge in [0.1, 0.15) is 5.75 Å². The Bertz CT molecular complexity index is 1020. The van der Waals surface area contributed by atoms with Crippen molar-refractivity contribution in [3.63, 3.8) is 0 Å². The zero-order valence-corrected chi connectivity index (χ0v) is 17.0. The van der Waals surface area contributed by atoms with Gasteiger partial charge in [-0.05, 0) is 43.2 Å². The minimum absolute atomic E-state index is 0.0775. The first-order valence-electron chi connectivity index (χ1n) is 9.38. The molecular weight excluding hydrogens is 386 g/mol. The summed E-state index contributed by atoms with van der Waals surface area (Å²) >= 11 is 1.34. The summed E-state index contributed by atoms with van der Waals surface area (Å²) in [4.78, 5) is 31.7. The highest BCUT2D eigenvalue weighted by atomic mass is 32.1. The number of nitrogens with one attached hydrogen (secondary N) is 1. The van der Waals surface area contributed by atoms with Crippen LogP contribution in [0.2, 0.25) is 0 Å². The lowest BCUT2D eigenvalue weighted by molar-refractivity contribution is 0.0750. The number of rotatable bonds is 5. The van der Waals surface area contributed by atoms with Gasteiger partial charge in [0.15, 0.2) is 5.13 Å². The number of fused-ring (bicyclic) bond motifs is 1. The minimum Gasteiger partial charge on any atom is -0.491 e. The zero-order chi connectivity index (χ0) is 20.4. The SMILES string of the molecule is CC(C)Oc1cc(C(=O)Nc2nccs2)cc(C(=O)N2Cc3ccccc3C2)c1. The molecule has 6 nitrogen and oxygen atoms in total. The number of carbonyl (C=O) groups excluding carboxylic acids is 2.